The lowest BCUT2D eigenvalue weighted by molar-refractivity contribution is -0.128. The largest absolute Gasteiger partial charge is 0.369 e. The third-order valence-electron chi connectivity index (χ3n) is 7.16. The van der Waals surface area contributed by atoms with Gasteiger partial charge in [0.05, 0.1) is 24.0 Å². The minimum Gasteiger partial charge on any atom is -0.369 e. The fourth-order valence-electron chi connectivity index (χ4n) is 4.89. The Labute approximate surface area is 201 Å². The molecule has 1 unspecified atom stereocenters. The van der Waals surface area contributed by atoms with E-state index >= 15 is 0 Å². The number of primary amides is 1. The van der Waals surface area contributed by atoms with Gasteiger partial charge in [-0.25, -0.2) is 9.97 Å². The highest BCUT2D eigenvalue weighted by molar-refractivity contribution is 5.88. The molecule has 0 aliphatic carbocycles. The molecule has 2 aliphatic heterocycles. The summed E-state index contributed by atoms with van der Waals surface area (Å²) in [5.41, 5.74) is 8.39. The molecule has 3 heterocycles. The number of nitrogens with two attached hydrogens (primary N) is 1. The minimum atomic E-state index is -0.384. The van der Waals surface area contributed by atoms with Crippen molar-refractivity contribution in [3.8, 4) is 0 Å². The van der Waals surface area contributed by atoms with E-state index in [-0.39, 0.29) is 24.2 Å². The zero-order valence-corrected chi connectivity index (χ0v) is 20.2. The molecule has 2 amide bonds. The Hall–Kier alpha value is -3.16. The summed E-state index contributed by atoms with van der Waals surface area (Å²) in [6.45, 7) is 7.77. The van der Waals surface area contributed by atoms with Crippen molar-refractivity contribution >= 4 is 29.1 Å². The van der Waals surface area contributed by atoms with Crippen molar-refractivity contribution in [2.75, 3.05) is 36.4 Å². The molecule has 0 bridgehead atoms. The van der Waals surface area contributed by atoms with Crippen LogP contribution in [0.15, 0.2) is 36.7 Å². The van der Waals surface area contributed by atoms with Crippen LogP contribution in [-0.4, -0.2) is 52.9 Å². The summed E-state index contributed by atoms with van der Waals surface area (Å²) in [7, 11) is 0. The van der Waals surface area contributed by atoms with Gasteiger partial charge in [-0.1, -0.05) is 26.0 Å². The third kappa shape index (κ3) is 6.04. The number of hydrogen-bond donors (Lipinski definition) is 2. The van der Waals surface area contributed by atoms with Crippen LogP contribution in [0.1, 0.15) is 45.1 Å². The molecule has 0 radical (unpaired) electrons. The van der Waals surface area contributed by atoms with E-state index in [1.54, 1.807) is 4.90 Å². The van der Waals surface area contributed by atoms with Crippen LogP contribution in [0.4, 0.5) is 17.3 Å². The molecule has 8 heteroatoms. The molecule has 1 aromatic heterocycles. The third-order valence-corrected chi connectivity index (χ3v) is 7.16. The molecule has 2 aromatic rings. The first-order chi connectivity index (χ1) is 16.4. The van der Waals surface area contributed by atoms with Gasteiger partial charge in [0.1, 0.15) is 0 Å². The van der Waals surface area contributed by atoms with Crippen LogP contribution >= 0.6 is 0 Å². The number of likely N-dealkylation sites (tertiary alicyclic amines) is 1. The van der Waals surface area contributed by atoms with Gasteiger partial charge in [0, 0.05) is 38.3 Å². The Morgan fingerprint density at radius 1 is 1.12 bits per heavy atom. The van der Waals surface area contributed by atoms with E-state index in [0.29, 0.717) is 13.1 Å². The summed E-state index contributed by atoms with van der Waals surface area (Å²) >= 11 is 0. The van der Waals surface area contributed by atoms with Crippen molar-refractivity contribution in [2.24, 2.45) is 23.5 Å². The number of hydrogen-bond acceptors (Lipinski definition) is 6. The predicted molar refractivity (Wildman–Crippen MR) is 134 cm³/mol. The Bertz CT molecular complexity index is 968. The number of anilines is 3. The van der Waals surface area contributed by atoms with Crippen LogP contribution in [0.3, 0.4) is 0 Å². The lowest BCUT2D eigenvalue weighted by Crippen LogP contribution is -2.36. The lowest BCUT2D eigenvalue weighted by atomic mass is 9.87. The van der Waals surface area contributed by atoms with Crippen molar-refractivity contribution in [1.82, 2.24) is 14.9 Å². The monoisotopic (exact) mass is 464 g/mol. The quantitative estimate of drug-likeness (QED) is 0.590. The van der Waals surface area contributed by atoms with E-state index in [9.17, 15) is 9.59 Å². The molecule has 182 valence electrons. The van der Waals surface area contributed by atoms with Crippen LogP contribution < -0.4 is 16.0 Å². The van der Waals surface area contributed by atoms with Gasteiger partial charge in [-0.2, -0.15) is 0 Å². The van der Waals surface area contributed by atoms with E-state index in [1.165, 1.54) is 18.4 Å². The number of nitrogens with one attached hydrogen (secondary N) is 1. The van der Waals surface area contributed by atoms with Gasteiger partial charge in [-0.15, -0.1) is 0 Å². The van der Waals surface area contributed by atoms with Crippen molar-refractivity contribution in [3.05, 3.63) is 42.2 Å². The van der Waals surface area contributed by atoms with Crippen molar-refractivity contribution in [3.63, 3.8) is 0 Å². The highest BCUT2D eigenvalue weighted by Crippen LogP contribution is 2.26. The molecule has 34 heavy (non-hydrogen) atoms. The second-order valence-electron chi connectivity index (χ2n) is 9.91. The highest BCUT2D eigenvalue weighted by atomic mass is 16.2. The highest BCUT2D eigenvalue weighted by Gasteiger charge is 2.32. The number of aromatic nitrogens is 2. The van der Waals surface area contributed by atoms with Crippen LogP contribution in [0.25, 0.3) is 0 Å². The standard InChI is InChI=1S/C26H36N6O2/c1-18(2)20-9-12-31(13-10-20)26-28-15-23(16-29-26)30-22-7-5-19(6-8-22)4-3-11-32-17-21(25(27)34)14-24(32)33/h5-8,15-16,18,20-21,30H,3-4,9-14,17H2,1-2H3,(H2,27,34). The first-order valence-corrected chi connectivity index (χ1v) is 12.4. The van der Waals surface area contributed by atoms with Gasteiger partial charge < -0.3 is 20.9 Å². The fraction of sp³-hybridized carbons (Fsp3) is 0.538. The van der Waals surface area contributed by atoms with E-state index < -0.39 is 0 Å². The van der Waals surface area contributed by atoms with Crippen molar-refractivity contribution < 1.29 is 9.59 Å². The number of nitrogens with zero attached hydrogens (tertiary/aromatic N) is 4. The van der Waals surface area contributed by atoms with E-state index in [4.69, 9.17) is 5.73 Å². The molecule has 2 aliphatic rings. The second-order valence-corrected chi connectivity index (χ2v) is 9.91. The molecule has 3 N–H and O–H groups in total. The van der Waals surface area contributed by atoms with Gasteiger partial charge in [0.15, 0.2) is 0 Å². The number of benzene rings is 1. The van der Waals surface area contributed by atoms with Crippen molar-refractivity contribution in [1.29, 1.82) is 0 Å². The molecule has 4 rings (SSSR count). The maximum Gasteiger partial charge on any atom is 0.225 e. The zero-order valence-electron chi connectivity index (χ0n) is 20.2. The molecule has 8 nitrogen and oxygen atoms in total. The molecule has 1 aromatic carbocycles. The first kappa shape index (κ1) is 24.0. The summed E-state index contributed by atoms with van der Waals surface area (Å²) < 4.78 is 0. The van der Waals surface area contributed by atoms with Crippen LogP contribution in [0.2, 0.25) is 0 Å². The fourth-order valence-corrected chi connectivity index (χ4v) is 4.89. The van der Waals surface area contributed by atoms with E-state index in [1.807, 2.05) is 24.5 Å². The normalized spacial score (nSPS) is 19.1. The van der Waals surface area contributed by atoms with E-state index in [0.717, 1.165) is 55.1 Å². The molecule has 1 atom stereocenters. The zero-order chi connectivity index (χ0) is 24.1. The number of rotatable bonds is 9. The number of aryl methyl sites for hydroxylation is 1. The second kappa shape index (κ2) is 10.8. The van der Waals surface area contributed by atoms with Gasteiger partial charge in [-0.05, 0) is 55.2 Å². The minimum absolute atomic E-state index is 0.0247. The summed E-state index contributed by atoms with van der Waals surface area (Å²) in [6.07, 6.45) is 8.07. The molecule has 0 spiro atoms. The Balaban J connectivity index is 1.22. The maximum atomic E-state index is 12.0. The summed E-state index contributed by atoms with van der Waals surface area (Å²) in [5, 5.41) is 3.37. The summed E-state index contributed by atoms with van der Waals surface area (Å²) in [5.74, 6) is 1.65. The van der Waals surface area contributed by atoms with Gasteiger partial charge in [-0.3, -0.25) is 9.59 Å². The van der Waals surface area contributed by atoms with Crippen LogP contribution in [0.5, 0.6) is 0 Å². The van der Waals surface area contributed by atoms with Crippen molar-refractivity contribution in [2.45, 2.75) is 46.0 Å². The maximum absolute atomic E-state index is 12.0. The summed E-state index contributed by atoms with van der Waals surface area (Å²) in [6, 6.07) is 8.27. The topological polar surface area (TPSA) is 104 Å². The van der Waals surface area contributed by atoms with Gasteiger partial charge >= 0.3 is 0 Å². The smallest absolute Gasteiger partial charge is 0.225 e. The van der Waals surface area contributed by atoms with E-state index in [2.05, 4.69) is 46.2 Å². The Kier molecular flexibility index (Phi) is 7.65. The average molecular weight is 465 g/mol. The molecule has 2 fully saturated rings. The summed E-state index contributed by atoms with van der Waals surface area (Å²) in [4.78, 5) is 36.5. The molecular weight excluding hydrogens is 428 g/mol. The van der Waals surface area contributed by atoms with Gasteiger partial charge in [0.25, 0.3) is 0 Å². The van der Waals surface area contributed by atoms with Gasteiger partial charge in [0.2, 0.25) is 17.8 Å². The molecular formula is C26H36N6O2. The SMILES string of the molecule is CC(C)C1CCN(c2ncc(Nc3ccc(CCCN4CC(C(N)=O)CC4=O)cc3)cn2)CC1. The number of amides is 2. The number of carbonyl (C=O) groups excluding carboxylic acids is 2. The molecule has 0 saturated carbocycles. The molecule has 2 saturated heterocycles. The van der Waals surface area contributed by atoms with Crippen LogP contribution in [0, 0.1) is 17.8 Å². The first-order valence-electron chi connectivity index (χ1n) is 12.4. The predicted octanol–water partition coefficient (Wildman–Crippen LogP) is 3.36. The van der Waals surface area contributed by atoms with Crippen LogP contribution in [-0.2, 0) is 16.0 Å². The number of piperidine rings is 1. The Morgan fingerprint density at radius 3 is 2.38 bits per heavy atom. The Morgan fingerprint density at radius 2 is 1.79 bits per heavy atom. The average Bonchev–Trinajstić information content (AvgIpc) is 3.21. The number of carbonyl (C=O) groups is 2. The lowest BCUT2D eigenvalue weighted by Gasteiger charge is -2.33.